The van der Waals surface area contributed by atoms with Crippen LogP contribution in [0.4, 0.5) is 14.9 Å². The summed E-state index contributed by atoms with van der Waals surface area (Å²) in [6.45, 7) is 6.08. The molecule has 1 aliphatic heterocycles. The summed E-state index contributed by atoms with van der Waals surface area (Å²) in [7, 11) is 0. The van der Waals surface area contributed by atoms with Gasteiger partial charge in [-0.3, -0.25) is 0 Å². The van der Waals surface area contributed by atoms with Crippen molar-refractivity contribution in [1.82, 2.24) is 10.2 Å². The zero-order valence-corrected chi connectivity index (χ0v) is 11.9. The quantitative estimate of drug-likeness (QED) is 0.890. The number of piperidine rings is 1. The molecule has 5 heteroatoms. The van der Waals surface area contributed by atoms with E-state index in [9.17, 15) is 9.18 Å². The first-order valence-corrected chi connectivity index (χ1v) is 7.20. The van der Waals surface area contributed by atoms with E-state index in [1.165, 1.54) is 18.6 Å². The minimum absolute atomic E-state index is 0.274. The van der Waals surface area contributed by atoms with Crippen LogP contribution in [-0.2, 0) is 0 Å². The lowest BCUT2D eigenvalue weighted by atomic mass is 9.98. The molecule has 1 aromatic carbocycles. The lowest BCUT2D eigenvalue weighted by Gasteiger charge is -2.31. The maximum absolute atomic E-state index is 13.0. The van der Waals surface area contributed by atoms with Gasteiger partial charge < -0.3 is 15.5 Å². The summed E-state index contributed by atoms with van der Waals surface area (Å²) in [5.74, 6) is 0.149. The fraction of sp³-hybridized carbons (Fsp3) is 0.533. The average molecular weight is 279 g/mol. The van der Waals surface area contributed by atoms with Crippen LogP contribution in [0.5, 0.6) is 0 Å². The number of hydrogen-bond donors (Lipinski definition) is 2. The smallest absolute Gasteiger partial charge is 0.319 e. The Morgan fingerprint density at radius 2 is 2.35 bits per heavy atom. The largest absolute Gasteiger partial charge is 0.338 e. The molecule has 1 atom stereocenters. The average Bonchev–Trinajstić information content (AvgIpc) is 2.45. The summed E-state index contributed by atoms with van der Waals surface area (Å²) in [6, 6.07) is 5.63. The summed E-state index contributed by atoms with van der Waals surface area (Å²) in [6.07, 6.45) is 2.34. The molecule has 1 aromatic rings. The fourth-order valence-electron chi connectivity index (χ4n) is 2.58. The molecule has 1 aliphatic rings. The first-order chi connectivity index (χ1) is 9.67. The van der Waals surface area contributed by atoms with Gasteiger partial charge in [0.15, 0.2) is 0 Å². The number of nitrogens with one attached hydrogen (secondary N) is 2. The van der Waals surface area contributed by atoms with Crippen LogP contribution >= 0.6 is 0 Å². The van der Waals surface area contributed by atoms with Crippen LogP contribution in [0.15, 0.2) is 24.3 Å². The van der Waals surface area contributed by atoms with E-state index in [2.05, 4.69) is 22.5 Å². The molecule has 0 aliphatic carbocycles. The third-order valence-electron chi connectivity index (χ3n) is 3.68. The second kappa shape index (κ2) is 7.24. The molecule has 2 rings (SSSR count). The van der Waals surface area contributed by atoms with Crippen molar-refractivity contribution in [3.8, 4) is 0 Å². The third-order valence-corrected chi connectivity index (χ3v) is 3.68. The van der Waals surface area contributed by atoms with Gasteiger partial charge in [-0.25, -0.2) is 9.18 Å². The van der Waals surface area contributed by atoms with Gasteiger partial charge in [0.2, 0.25) is 0 Å². The summed E-state index contributed by atoms with van der Waals surface area (Å²) in [4.78, 5) is 14.2. The SMILES string of the molecule is CCN1CCCC(CNC(=O)Nc2cccc(F)c2)C1. The first-order valence-electron chi connectivity index (χ1n) is 7.20. The van der Waals surface area contributed by atoms with Gasteiger partial charge in [0.1, 0.15) is 5.82 Å². The molecule has 0 bridgehead atoms. The molecule has 4 nitrogen and oxygen atoms in total. The Bertz CT molecular complexity index is 452. The van der Waals surface area contributed by atoms with E-state index in [0.29, 0.717) is 18.2 Å². The topological polar surface area (TPSA) is 44.4 Å². The first kappa shape index (κ1) is 14.8. The molecule has 110 valence electrons. The predicted octanol–water partition coefficient (Wildman–Crippen LogP) is 2.68. The Labute approximate surface area is 119 Å². The zero-order chi connectivity index (χ0) is 14.4. The van der Waals surface area contributed by atoms with Crippen LogP contribution in [-0.4, -0.2) is 37.1 Å². The summed E-state index contributed by atoms with van der Waals surface area (Å²) >= 11 is 0. The molecule has 1 heterocycles. The van der Waals surface area contributed by atoms with E-state index < -0.39 is 0 Å². The van der Waals surface area contributed by atoms with Crippen LogP contribution in [0.2, 0.25) is 0 Å². The number of anilines is 1. The number of urea groups is 1. The van der Waals surface area contributed by atoms with Gasteiger partial charge >= 0.3 is 6.03 Å². The minimum atomic E-state index is -0.353. The Hall–Kier alpha value is -1.62. The van der Waals surface area contributed by atoms with Crippen LogP contribution in [0.1, 0.15) is 19.8 Å². The van der Waals surface area contributed by atoms with Crippen molar-refractivity contribution in [2.24, 2.45) is 5.92 Å². The van der Waals surface area contributed by atoms with Crippen LogP contribution in [0.25, 0.3) is 0 Å². The van der Waals surface area contributed by atoms with Crippen molar-refractivity contribution >= 4 is 11.7 Å². The minimum Gasteiger partial charge on any atom is -0.338 e. The highest BCUT2D eigenvalue weighted by molar-refractivity contribution is 5.89. The molecule has 2 N–H and O–H groups in total. The number of carbonyl (C=O) groups excluding carboxylic acids is 1. The molecular weight excluding hydrogens is 257 g/mol. The van der Waals surface area contributed by atoms with E-state index in [-0.39, 0.29) is 11.8 Å². The molecule has 1 unspecified atom stereocenters. The van der Waals surface area contributed by atoms with Crippen molar-refractivity contribution in [3.05, 3.63) is 30.1 Å². The number of amides is 2. The predicted molar refractivity (Wildman–Crippen MR) is 78.3 cm³/mol. The maximum atomic E-state index is 13.0. The van der Waals surface area contributed by atoms with Gasteiger partial charge in [-0.2, -0.15) is 0 Å². The fourth-order valence-corrected chi connectivity index (χ4v) is 2.58. The summed E-state index contributed by atoms with van der Waals surface area (Å²) < 4.78 is 13.0. The van der Waals surface area contributed by atoms with Gasteiger partial charge in [-0.1, -0.05) is 13.0 Å². The normalized spacial score (nSPS) is 19.6. The van der Waals surface area contributed by atoms with Gasteiger partial charge in [0.25, 0.3) is 0 Å². The number of halogens is 1. The second-order valence-electron chi connectivity index (χ2n) is 5.25. The summed E-state index contributed by atoms with van der Waals surface area (Å²) in [5, 5.41) is 5.51. The van der Waals surface area contributed by atoms with E-state index in [4.69, 9.17) is 0 Å². The van der Waals surface area contributed by atoms with Gasteiger partial charge in [-0.05, 0) is 50.0 Å². The lowest BCUT2D eigenvalue weighted by molar-refractivity contribution is 0.180. The molecule has 0 aromatic heterocycles. The van der Waals surface area contributed by atoms with E-state index >= 15 is 0 Å². The Morgan fingerprint density at radius 3 is 3.10 bits per heavy atom. The number of likely N-dealkylation sites (tertiary alicyclic amines) is 1. The number of carbonyl (C=O) groups is 1. The number of rotatable bonds is 4. The van der Waals surface area contributed by atoms with E-state index in [1.54, 1.807) is 12.1 Å². The molecule has 0 saturated carbocycles. The lowest BCUT2D eigenvalue weighted by Crippen LogP contribution is -2.41. The number of hydrogen-bond acceptors (Lipinski definition) is 2. The molecule has 1 fully saturated rings. The molecule has 20 heavy (non-hydrogen) atoms. The Kier molecular flexibility index (Phi) is 5.35. The molecule has 0 radical (unpaired) electrons. The molecular formula is C15H22FN3O. The van der Waals surface area contributed by atoms with Crippen molar-refractivity contribution in [3.63, 3.8) is 0 Å². The van der Waals surface area contributed by atoms with Crippen molar-refractivity contribution in [2.75, 3.05) is 31.5 Å². The zero-order valence-electron chi connectivity index (χ0n) is 11.9. The van der Waals surface area contributed by atoms with E-state index in [0.717, 1.165) is 26.1 Å². The standard InChI is InChI=1S/C15H22FN3O/c1-2-19-8-4-5-12(11-19)10-17-15(20)18-14-7-3-6-13(16)9-14/h3,6-7,9,12H,2,4-5,8,10-11H2,1H3,(H2,17,18,20). The van der Waals surface area contributed by atoms with Crippen LogP contribution in [0.3, 0.4) is 0 Å². The molecule has 2 amide bonds. The van der Waals surface area contributed by atoms with E-state index in [1.807, 2.05) is 0 Å². The second-order valence-corrected chi connectivity index (χ2v) is 5.25. The molecule has 0 spiro atoms. The van der Waals surface area contributed by atoms with Crippen molar-refractivity contribution in [1.29, 1.82) is 0 Å². The number of nitrogens with zero attached hydrogens (tertiary/aromatic N) is 1. The highest BCUT2D eigenvalue weighted by atomic mass is 19.1. The van der Waals surface area contributed by atoms with Crippen molar-refractivity contribution in [2.45, 2.75) is 19.8 Å². The summed E-state index contributed by atoms with van der Waals surface area (Å²) in [5.41, 5.74) is 0.473. The van der Waals surface area contributed by atoms with Crippen LogP contribution in [0, 0.1) is 11.7 Å². The van der Waals surface area contributed by atoms with Gasteiger partial charge in [0.05, 0.1) is 0 Å². The Balaban J connectivity index is 1.75. The highest BCUT2D eigenvalue weighted by Gasteiger charge is 2.19. The number of benzene rings is 1. The maximum Gasteiger partial charge on any atom is 0.319 e. The monoisotopic (exact) mass is 279 g/mol. The molecule has 1 saturated heterocycles. The van der Waals surface area contributed by atoms with Crippen LogP contribution < -0.4 is 10.6 Å². The Morgan fingerprint density at radius 1 is 1.50 bits per heavy atom. The highest BCUT2D eigenvalue weighted by Crippen LogP contribution is 2.15. The van der Waals surface area contributed by atoms with Crippen molar-refractivity contribution < 1.29 is 9.18 Å². The van der Waals surface area contributed by atoms with Gasteiger partial charge in [-0.15, -0.1) is 0 Å². The third kappa shape index (κ3) is 4.49. The van der Waals surface area contributed by atoms with Gasteiger partial charge in [0, 0.05) is 18.8 Å².